The van der Waals surface area contributed by atoms with Gasteiger partial charge in [0.1, 0.15) is 5.56 Å². The van der Waals surface area contributed by atoms with E-state index in [-0.39, 0.29) is 17.7 Å². The summed E-state index contributed by atoms with van der Waals surface area (Å²) in [6.45, 7) is 3.68. The van der Waals surface area contributed by atoms with Gasteiger partial charge in [-0.05, 0) is 43.8 Å². The number of anilines is 1. The highest BCUT2D eigenvalue weighted by Gasteiger charge is 2.29. The first-order valence-corrected chi connectivity index (χ1v) is 10.1. The number of carbonyl (C=O) groups is 2. The number of benzene rings is 1. The van der Waals surface area contributed by atoms with Gasteiger partial charge in [0.2, 0.25) is 11.8 Å². The molecular weight excluding hydrogens is 392 g/mol. The second-order valence-electron chi connectivity index (χ2n) is 7.31. The van der Waals surface area contributed by atoms with Crippen LogP contribution in [0.1, 0.15) is 23.2 Å². The standard InChI is InChI=1S/C21H23ClN4O3/c1-24-10-12-25(13-11-24)19(27)5-3-9-26-17-14-15(22)6-7-18(17)29-20-16(21(26)28)4-2-8-23-20/h2,4,6-8,14H,3,5,9-13H2,1H3. The summed E-state index contributed by atoms with van der Waals surface area (Å²) in [6, 6.07) is 8.56. The van der Waals surface area contributed by atoms with Gasteiger partial charge in [-0.3, -0.25) is 9.59 Å². The molecule has 0 bridgehead atoms. The van der Waals surface area contributed by atoms with Crippen LogP contribution < -0.4 is 9.64 Å². The molecule has 0 atom stereocenters. The normalized spacial score (nSPS) is 16.7. The molecule has 152 valence electrons. The quantitative estimate of drug-likeness (QED) is 0.769. The summed E-state index contributed by atoms with van der Waals surface area (Å²) in [5, 5.41) is 0.512. The third kappa shape index (κ3) is 4.21. The van der Waals surface area contributed by atoms with E-state index in [4.69, 9.17) is 16.3 Å². The maximum absolute atomic E-state index is 13.2. The van der Waals surface area contributed by atoms with Crippen LogP contribution in [0.25, 0.3) is 0 Å². The Bertz CT molecular complexity index is 928. The van der Waals surface area contributed by atoms with Gasteiger partial charge in [-0.15, -0.1) is 0 Å². The molecule has 2 aromatic rings. The lowest BCUT2D eigenvalue weighted by Gasteiger charge is -2.32. The molecule has 2 aliphatic heterocycles. The van der Waals surface area contributed by atoms with E-state index in [1.807, 2.05) is 4.90 Å². The number of piperazine rings is 1. The van der Waals surface area contributed by atoms with Gasteiger partial charge < -0.3 is 19.4 Å². The van der Waals surface area contributed by atoms with Gasteiger partial charge in [-0.1, -0.05) is 11.6 Å². The molecule has 8 heteroatoms. The van der Waals surface area contributed by atoms with Crippen molar-refractivity contribution in [2.24, 2.45) is 0 Å². The number of fused-ring (bicyclic) bond motifs is 2. The molecule has 2 amide bonds. The predicted molar refractivity (Wildman–Crippen MR) is 111 cm³/mol. The number of rotatable bonds is 4. The number of halogens is 1. The highest BCUT2D eigenvalue weighted by atomic mass is 35.5. The van der Waals surface area contributed by atoms with E-state index in [0.29, 0.717) is 41.4 Å². The van der Waals surface area contributed by atoms with Crippen molar-refractivity contribution in [3.8, 4) is 11.6 Å². The molecule has 7 nitrogen and oxygen atoms in total. The van der Waals surface area contributed by atoms with Gasteiger partial charge in [-0.25, -0.2) is 4.98 Å². The van der Waals surface area contributed by atoms with Gasteiger partial charge in [0.25, 0.3) is 5.91 Å². The van der Waals surface area contributed by atoms with Crippen molar-refractivity contribution in [3.05, 3.63) is 47.1 Å². The van der Waals surface area contributed by atoms with E-state index in [0.717, 1.165) is 26.2 Å². The molecule has 0 radical (unpaired) electrons. The number of ether oxygens (including phenoxy) is 1. The average molecular weight is 415 g/mol. The number of aromatic nitrogens is 1. The number of hydrogen-bond donors (Lipinski definition) is 0. The van der Waals surface area contributed by atoms with E-state index >= 15 is 0 Å². The number of pyridine rings is 1. The Hall–Kier alpha value is -2.64. The second kappa shape index (κ2) is 8.39. The molecule has 1 aromatic carbocycles. The molecule has 0 spiro atoms. The molecule has 0 N–H and O–H groups in total. The van der Waals surface area contributed by atoms with Crippen molar-refractivity contribution in [2.45, 2.75) is 12.8 Å². The molecule has 3 heterocycles. The first kappa shape index (κ1) is 19.7. The van der Waals surface area contributed by atoms with Crippen molar-refractivity contribution in [2.75, 3.05) is 44.7 Å². The first-order chi connectivity index (χ1) is 14.0. The van der Waals surface area contributed by atoms with E-state index in [1.54, 1.807) is 41.4 Å². The summed E-state index contributed by atoms with van der Waals surface area (Å²) >= 11 is 6.18. The number of amides is 2. The maximum atomic E-state index is 13.2. The predicted octanol–water partition coefficient (Wildman–Crippen LogP) is 3.04. The minimum absolute atomic E-state index is 0.130. The van der Waals surface area contributed by atoms with E-state index in [2.05, 4.69) is 16.9 Å². The average Bonchev–Trinajstić information content (AvgIpc) is 2.83. The molecule has 1 fully saturated rings. The van der Waals surface area contributed by atoms with Gasteiger partial charge in [0.15, 0.2) is 5.75 Å². The van der Waals surface area contributed by atoms with Gasteiger partial charge >= 0.3 is 0 Å². The van der Waals surface area contributed by atoms with Gasteiger partial charge in [0.05, 0.1) is 5.69 Å². The Balaban J connectivity index is 1.50. The molecule has 0 unspecified atom stereocenters. The summed E-state index contributed by atoms with van der Waals surface area (Å²) in [6.07, 6.45) is 2.54. The van der Waals surface area contributed by atoms with Crippen LogP contribution in [0.2, 0.25) is 5.02 Å². The van der Waals surface area contributed by atoms with E-state index in [1.165, 1.54) is 0 Å². The van der Waals surface area contributed by atoms with Crippen molar-refractivity contribution in [3.63, 3.8) is 0 Å². The molecule has 0 aliphatic carbocycles. The lowest BCUT2D eigenvalue weighted by Crippen LogP contribution is -2.47. The van der Waals surface area contributed by atoms with Crippen LogP contribution in [-0.4, -0.2) is 66.4 Å². The lowest BCUT2D eigenvalue weighted by atomic mass is 10.2. The Morgan fingerprint density at radius 3 is 2.79 bits per heavy atom. The number of likely N-dealkylation sites (N-methyl/N-ethyl adjacent to an activating group) is 1. The minimum atomic E-state index is -0.207. The molecule has 1 aromatic heterocycles. The second-order valence-corrected chi connectivity index (χ2v) is 7.75. The van der Waals surface area contributed by atoms with Gasteiger partial charge in [0, 0.05) is 50.4 Å². The van der Waals surface area contributed by atoms with Crippen molar-refractivity contribution in [1.29, 1.82) is 0 Å². The maximum Gasteiger partial charge on any atom is 0.263 e. The van der Waals surface area contributed by atoms with Crippen LogP contribution in [-0.2, 0) is 4.79 Å². The van der Waals surface area contributed by atoms with Crippen LogP contribution >= 0.6 is 11.6 Å². The highest BCUT2D eigenvalue weighted by molar-refractivity contribution is 6.31. The number of carbonyl (C=O) groups excluding carboxylic acids is 2. The molecule has 0 saturated carbocycles. The summed E-state index contributed by atoms with van der Waals surface area (Å²) in [7, 11) is 2.06. The molecule has 4 rings (SSSR count). The number of hydrogen-bond acceptors (Lipinski definition) is 5. The van der Waals surface area contributed by atoms with Crippen molar-refractivity contribution in [1.82, 2.24) is 14.8 Å². The SMILES string of the molecule is CN1CCN(C(=O)CCCN2C(=O)c3cccnc3Oc3ccc(Cl)cc32)CC1. The summed E-state index contributed by atoms with van der Waals surface area (Å²) in [5.74, 6) is 0.717. The largest absolute Gasteiger partial charge is 0.436 e. The van der Waals surface area contributed by atoms with E-state index in [9.17, 15) is 9.59 Å². The molecule has 1 saturated heterocycles. The third-order valence-electron chi connectivity index (χ3n) is 5.29. The van der Waals surface area contributed by atoms with Crippen molar-refractivity contribution < 1.29 is 14.3 Å². The summed E-state index contributed by atoms with van der Waals surface area (Å²) < 4.78 is 5.88. The van der Waals surface area contributed by atoms with Crippen molar-refractivity contribution >= 4 is 29.1 Å². The highest BCUT2D eigenvalue weighted by Crippen LogP contribution is 2.39. The Labute approximate surface area is 174 Å². The third-order valence-corrected chi connectivity index (χ3v) is 5.53. The monoisotopic (exact) mass is 414 g/mol. The minimum Gasteiger partial charge on any atom is -0.436 e. The fraction of sp³-hybridized carbons (Fsp3) is 0.381. The van der Waals surface area contributed by atoms with Gasteiger partial charge in [-0.2, -0.15) is 0 Å². The Kier molecular flexibility index (Phi) is 5.69. The van der Waals surface area contributed by atoms with Crippen LogP contribution in [0.3, 0.4) is 0 Å². The van der Waals surface area contributed by atoms with Crippen LogP contribution in [0, 0.1) is 0 Å². The fourth-order valence-corrected chi connectivity index (χ4v) is 3.77. The summed E-state index contributed by atoms with van der Waals surface area (Å²) in [4.78, 5) is 35.7. The smallest absolute Gasteiger partial charge is 0.263 e. The molecule has 2 aliphatic rings. The van der Waals surface area contributed by atoms with Crippen LogP contribution in [0.15, 0.2) is 36.5 Å². The zero-order chi connectivity index (χ0) is 20.4. The first-order valence-electron chi connectivity index (χ1n) is 9.73. The molecule has 29 heavy (non-hydrogen) atoms. The lowest BCUT2D eigenvalue weighted by molar-refractivity contribution is -0.132. The molecular formula is C21H23ClN4O3. The number of nitrogens with zero attached hydrogens (tertiary/aromatic N) is 4. The van der Waals surface area contributed by atoms with E-state index < -0.39 is 0 Å². The topological polar surface area (TPSA) is 66.0 Å². The Morgan fingerprint density at radius 2 is 2.00 bits per heavy atom. The summed E-state index contributed by atoms with van der Waals surface area (Å²) in [5.41, 5.74) is 0.984. The zero-order valence-electron chi connectivity index (χ0n) is 16.3. The van der Waals surface area contributed by atoms with Crippen LogP contribution in [0.4, 0.5) is 5.69 Å². The fourth-order valence-electron chi connectivity index (χ4n) is 3.61. The van der Waals surface area contributed by atoms with Crippen LogP contribution in [0.5, 0.6) is 11.6 Å². The Morgan fingerprint density at radius 1 is 1.21 bits per heavy atom. The zero-order valence-corrected chi connectivity index (χ0v) is 17.1.